The number of amides is 1. The van der Waals surface area contributed by atoms with Gasteiger partial charge in [-0.3, -0.25) is 13.8 Å². The van der Waals surface area contributed by atoms with Gasteiger partial charge in [0.15, 0.2) is 0 Å². The summed E-state index contributed by atoms with van der Waals surface area (Å²) in [5, 5.41) is 13.9. The Hall–Kier alpha value is -1.80. The maximum absolute atomic E-state index is 12.9. The van der Waals surface area contributed by atoms with E-state index in [9.17, 15) is 19.4 Å². The quantitative estimate of drug-likeness (QED) is 0.0243. The van der Waals surface area contributed by atoms with Crippen molar-refractivity contribution >= 4 is 13.7 Å². The highest BCUT2D eigenvalue weighted by Gasteiger charge is 2.27. The van der Waals surface area contributed by atoms with Gasteiger partial charge >= 0.3 is 7.82 Å². The second kappa shape index (κ2) is 48.2. The Morgan fingerprint density at radius 2 is 0.879 bits per heavy atom. The van der Waals surface area contributed by atoms with E-state index < -0.39 is 20.0 Å². The van der Waals surface area contributed by atoms with Crippen molar-refractivity contribution in [3.05, 3.63) is 60.8 Å². The Labute approximate surface area is 409 Å². The lowest BCUT2D eigenvalue weighted by Gasteiger charge is -2.25. The third-order valence-electron chi connectivity index (χ3n) is 12.2. The van der Waals surface area contributed by atoms with Crippen LogP contribution in [0.25, 0.3) is 0 Å². The molecule has 0 aromatic heterocycles. The average molecular weight is 948 g/mol. The van der Waals surface area contributed by atoms with Crippen LogP contribution in [0.4, 0.5) is 0 Å². The van der Waals surface area contributed by atoms with Gasteiger partial charge in [-0.1, -0.05) is 222 Å². The van der Waals surface area contributed by atoms with Crippen LogP contribution in [0.15, 0.2) is 60.8 Å². The summed E-state index contributed by atoms with van der Waals surface area (Å²) in [5.41, 5.74) is 0. The fourth-order valence-electron chi connectivity index (χ4n) is 7.81. The number of rotatable bonds is 50. The number of hydrogen-bond donors (Lipinski definition) is 3. The third kappa shape index (κ3) is 50.1. The van der Waals surface area contributed by atoms with Crippen molar-refractivity contribution in [1.82, 2.24) is 5.32 Å². The summed E-state index contributed by atoms with van der Waals surface area (Å²) in [6.45, 7) is 4.78. The minimum absolute atomic E-state index is 0.0519. The lowest BCUT2D eigenvalue weighted by molar-refractivity contribution is -0.870. The summed E-state index contributed by atoms with van der Waals surface area (Å²) < 4.78 is 23.6. The minimum atomic E-state index is -4.36. The Balaban J connectivity index is 4.19. The molecule has 0 fully saturated rings. The molecule has 9 heteroatoms. The van der Waals surface area contributed by atoms with E-state index in [1.165, 1.54) is 173 Å². The van der Waals surface area contributed by atoms with Crippen molar-refractivity contribution in [2.75, 3.05) is 40.9 Å². The van der Waals surface area contributed by atoms with Gasteiger partial charge in [-0.25, -0.2) is 4.57 Å². The van der Waals surface area contributed by atoms with Gasteiger partial charge < -0.3 is 19.8 Å². The Morgan fingerprint density at radius 3 is 1.30 bits per heavy atom. The van der Waals surface area contributed by atoms with Crippen LogP contribution in [0.5, 0.6) is 0 Å². The fraction of sp³-hybridized carbons (Fsp3) is 0.807. The van der Waals surface area contributed by atoms with Gasteiger partial charge in [-0.05, 0) is 77.0 Å². The van der Waals surface area contributed by atoms with Gasteiger partial charge in [0.2, 0.25) is 5.91 Å². The Bertz CT molecular complexity index is 1260. The van der Waals surface area contributed by atoms with Crippen LogP contribution in [0.2, 0.25) is 0 Å². The molecule has 1 amide bonds. The molecule has 3 unspecified atom stereocenters. The first kappa shape index (κ1) is 64.2. The molecule has 0 heterocycles. The van der Waals surface area contributed by atoms with Gasteiger partial charge in [0.1, 0.15) is 13.2 Å². The lowest BCUT2D eigenvalue weighted by atomic mass is 10.0. The first-order valence-electron chi connectivity index (χ1n) is 27.7. The van der Waals surface area contributed by atoms with E-state index in [0.29, 0.717) is 17.4 Å². The van der Waals surface area contributed by atoms with Crippen molar-refractivity contribution < 1.29 is 32.9 Å². The number of allylic oxidation sites excluding steroid dienone is 9. The highest BCUT2D eigenvalue weighted by molar-refractivity contribution is 7.47. The zero-order chi connectivity index (χ0) is 48.5. The number of carbonyl (C=O) groups is 1. The summed E-state index contributed by atoms with van der Waals surface area (Å²) >= 11 is 0. The first-order valence-corrected chi connectivity index (χ1v) is 29.2. The van der Waals surface area contributed by atoms with Crippen LogP contribution < -0.4 is 5.32 Å². The van der Waals surface area contributed by atoms with E-state index in [2.05, 4.69) is 67.8 Å². The van der Waals surface area contributed by atoms with Gasteiger partial charge in [-0.2, -0.15) is 0 Å². The maximum Gasteiger partial charge on any atom is 0.472 e. The molecule has 8 nitrogen and oxygen atoms in total. The molecular formula is C57H108N2O6P+. The van der Waals surface area contributed by atoms with E-state index in [1.807, 2.05) is 27.2 Å². The summed E-state index contributed by atoms with van der Waals surface area (Å²) in [4.78, 5) is 23.2. The van der Waals surface area contributed by atoms with Crippen LogP contribution in [0.1, 0.15) is 245 Å². The van der Waals surface area contributed by atoms with Crippen LogP contribution in [0, 0.1) is 0 Å². The number of hydrogen-bond acceptors (Lipinski definition) is 5. The van der Waals surface area contributed by atoms with Crippen LogP contribution in [-0.4, -0.2) is 73.4 Å². The number of quaternary nitrogens is 1. The number of phosphoric ester groups is 1. The maximum atomic E-state index is 12.9. The minimum Gasteiger partial charge on any atom is -0.387 e. The molecule has 0 aromatic carbocycles. The van der Waals surface area contributed by atoms with E-state index in [0.717, 1.165) is 51.4 Å². The standard InChI is InChI=1S/C57H107N2O6P/c1-6-8-10-12-14-16-18-20-22-23-24-25-26-27-28-29-30-31-32-33-34-35-37-39-41-43-45-47-49-51-57(61)58-55(54-65-66(62,63)64-53-52-59(3,4)5)56(60)50-48-46-44-42-40-38-36-21-19-17-15-13-11-9-7-2/h19,21,24-25,27-28,40,42,48,50,55-56,60H,6-18,20,22-23,26,29-39,41,43-47,49,51-54H2,1-5H3,(H-,58,61,62,63)/p+1/b21-19+,25-24-,28-27-,42-40+,50-48+. The normalized spacial score (nSPS) is 14.5. The molecule has 0 aliphatic rings. The molecule has 0 radical (unpaired) electrons. The molecule has 0 aliphatic heterocycles. The van der Waals surface area contributed by atoms with Crippen molar-refractivity contribution in [2.24, 2.45) is 0 Å². The first-order chi connectivity index (χ1) is 32.0. The molecule has 0 aromatic rings. The summed E-state index contributed by atoms with van der Waals surface area (Å²) in [6, 6.07) is -0.871. The Kier molecular flexibility index (Phi) is 46.9. The van der Waals surface area contributed by atoms with Crippen molar-refractivity contribution in [2.45, 2.75) is 257 Å². The van der Waals surface area contributed by atoms with Gasteiger partial charge in [0.25, 0.3) is 0 Å². The molecule has 3 atom stereocenters. The number of unbranched alkanes of at least 4 members (excludes halogenated alkanes) is 29. The molecule has 0 spiro atoms. The molecule has 0 rings (SSSR count). The zero-order valence-electron chi connectivity index (χ0n) is 43.9. The number of likely N-dealkylation sites (N-methyl/N-ethyl adjacent to an activating group) is 1. The molecule has 0 saturated carbocycles. The summed E-state index contributed by atoms with van der Waals surface area (Å²) in [7, 11) is 1.54. The fourth-order valence-corrected chi connectivity index (χ4v) is 8.55. The predicted molar refractivity (Wildman–Crippen MR) is 286 cm³/mol. The van der Waals surface area contributed by atoms with E-state index >= 15 is 0 Å². The van der Waals surface area contributed by atoms with Gasteiger partial charge in [0, 0.05) is 6.42 Å². The highest BCUT2D eigenvalue weighted by Crippen LogP contribution is 2.43. The van der Waals surface area contributed by atoms with E-state index in [4.69, 9.17) is 9.05 Å². The second-order valence-electron chi connectivity index (χ2n) is 19.9. The molecule has 386 valence electrons. The van der Waals surface area contributed by atoms with Crippen molar-refractivity contribution in [3.8, 4) is 0 Å². The molecule has 0 saturated heterocycles. The third-order valence-corrected chi connectivity index (χ3v) is 13.2. The van der Waals surface area contributed by atoms with Crippen molar-refractivity contribution in [3.63, 3.8) is 0 Å². The van der Waals surface area contributed by atoms with E-state index in [1.54, 1.807) is 6.08 Å². The number of carbonyl (C=O) groups excluding carboxylic acids is 1. The smallest absolute Gasteiger partial charge is 0.387 e. The molecule has 0 bridgehead atoms. The number of aliphatic hydroxyl groups excluding tert-OH is 1. The Morgan fingerprint density at radius 1 is 0.515 bits per heavy atom. The number of nitrogens with zero attached hydrogens (tertiary/aromatic N) is 1. The summed E-state index contributed by atoms with van der Waals surface area (Å²) in [5.74, 6) is -0.192. The van der Waals surface area contributed by atoms with Crippen LogP contribution in [0.3, 0.4) is 0 Å². The zero-order valence-corrected chi connectivity index (χ0v) is 44.8. The summed E-state index contributed by atoms with van der Waals surface area (Å²) in [6.07, 6.45) is 64.7. The molecule has 66 heavy (non-hydrogen) atoms. The predicted octanol–water partition coefficient (Wildman–Crippen LogP) is 16.5. The highest BCUT2D eigenvalue weighted by atomic mass is 31.2. The number of aliphatic hydroxyl groups is 1. The second-order valence-corrected chi connectivity index (χ2v) is 21.4. The molecular weight excluding hydrogens is 840 g/mol. The monoisotopic (exact) mass is 948 g/mol. The SMILES string of the molecule is CCCCCCC/C=C/CC/C=C/CC/C=C/C(O)C(COP(=O)(O)OCC[N+](C)(C)C)NC(=O)CCCCCCCCCCCCCCC/C=C\C/C=C\CCCCCCCCCCC. The average Bonchev–Trinajstić information content (AvgIpc) is 3.28. The topological polar surface area (TPSA) is 105 Å². The molecule has 3 N–H and O–H groups in total. The van der Waals surface area contributed by atoms with Crippen LogP contribution in [-0.2, 0) is 18.4 Å². The molecule has 0 aliphatic carbocycles. The van der Waals surface area contributed by atoms with Crippen LogP contribution >= 0.6 is 7.82 Å². The van der Waals surface area contributed by atoms with Gasteiger partial charge in [0.05, 0.1) is 39.9 Å². The van der Waals surface area contributed by atoms with Crippen molar-refractivity contribution in [1.29, 1.82) is 0 Å². The number of nitrogens with one attached hydrogen (secondary N) is 1. The lowest BCUT2D eigenvalue weighted by Crippen LogP contribution is -2.45. The van der Waals surface area contributed by atoms with E-state index in [-0.39, 0.29) is 19.1 Å². The van der Waals surface area contributed by atoms with Gasteiger partial charge in [-0.15, -0.1) is 0 Å². The largest absolute Gasteiger partial charge is 0.472 e. The number of phosphoric acid groups is 1.